The predicted molar refractivity (Wildman–Crippen MR) is 135 cm³/mol. The van der Waals surface area contributed by atoms with Crippen molar-refractivity contribution >= 4 is 11.8 Å². The van der Waals surface area contributed by atoms with Crippen LogP contribution >= 0.6 is 0 Å². The Kier molecular flexibility index (Phi) is 9.41. The Morgan fingerprint density at radius 2 is 1.51 bits per heavy atom. The van der Waals surface area contributed by atoms with Gasteiger partial charge in [0.2, 0.25) is 5.91 Å². The fourth-order valence-electron chi connectivity index (χ4n) is 3.77. The van der Waals surface area contributed by atoms with Crippen LogP contribution in [0.4, 0.5) is 4.39 Å². The first kappa shape index (κ1) is 25.9. The van der Waals surface area contributed by atoms with Crippen LogP contribution in [-0.4, -0.2) is 35.4 Å². The van der Waals surface area contributed by atoms with Crippen molar-refractivity contribution in [3.8, 4) is 5.75 Å². The molecule has 6 heteroatoms. The molecule has 0 aliphatic heterocycles. The number of ether oxygens (including phenoxy) is 1. The van der Waals surface area contributed by atoms with E-state index in [-0.39, 0.29) is 36.8 Å². The highest BCUT2D eigenvalue weighted by atomic mass is 19.1. The molecule has 0 saturated carbocycles. The van der Waals surface area contributed by atoms with Crippen LogP contribution in [0.25, 0.3) is 0 Å². The highest BCUT2D eigenvalue weighted by Crippen LogP contribution is 2.17. The maximum Gasteiger partial charge on any atom is 0.261 e. The smallest absolute Gasteiger partial charge is 0.261 e. The quantitative estimate of drug-likeness (QED) is 0.427. The van der Waals surface area contributed by atoms with Gasteiger partial charge in [-0.2, -0.15) is 0 Å². The number of nitrogens with one attached hydrogen (secondary N) is 1. The maximum atomic E-state index is 13.5. The van der Waals surface area contributed by atoms with E-state index in [4.69, 9.17) is 4.74 Å². The van der Waals surface area contributed by atoms with Crippen LogP contribution in [0.2, 0.25) is 0 Å². The predicted octanol–water partition coefficient (Wildman–Crippen LogP) is 4.93. The summed E-state index contributed by atoms with van der Waals surface area (Å²) in [5.41, 5.74) is 2.83. The summed E-state index contributed by atoms with van der Waals surface area (Å²) in [6.07, 6.45) is 1.26. The molecule has 0 fully saturated rings. The van der Waals surface area contributed by atoms with Crippen molar-refractivity contribution in [3.05, 3.63) is 101 Å². The highest BCUT2D eigenvalue weighted by Gasteiger charge is 2.31. The molecule has 3 rings (SSSR count). The molecule has 0 saturated heterocycles. The second-order valence-corrected chi connectivity index (χ2v) is 8.80. The summed E-state index contributed by atoms with van der Waals surface area (Å²) in [6, 6.07) is 22.3. The number of hydrogen-bond donors (Lipinski definition) is 1. The van der Waals surface area contributed by atoms with Gasteiger partial charge in [-0.3, -0.25) is 9.59 Å². The molecule has 0 radical (unpaired) electrons. The minimum atomic E-state index is -0.761. The first-order valence-corrected chi connectivity index (χ1v) is 12.0. The molecule has 0 aliphatic rings. The van der Waals surface area contributed by atoms with Gasteiger partial charge in [0.05, 0.1) is 0 Å². The molecule has 184 valence electrons. The molecule has 3 aromatic rings. The van der Waals surface area contributed by atoms with E-state index in [9.17, 15) is 14.0 Å². The number of amides is 2. The van der Waals surface area contributed by atoms with Crippen molar-refractivity contribution < 1.29 is 18.7 Å². The van der Waals surface area contributed by atoms with Gasteiger partial charge in [-0.05, 0) is 61.2 Å². The first-order valence-electron chi connectivity index (χ1n) is 12.0. The molecule has 0 heterocycles. The van der Waals surface area contributed by atoms with Crippen LogP contribution in [0.15, 0.2) is 78.9 Å². The molecule has 35 heavy (non-hydrogen) atoms. The Labute approximate surface area is 206 Å². The van der Waals surface area contributed by atoms with Crippen molar-refractivity contribution in [2.75, 3.05) is 6.61 Å². The van der Waals surface area contributed by atoms with E-state index in [0.717, 1.165) is 17.5 Å². The minimum absolute atomic E-state index is 0.0862. The zero-order chi connectivity index (χ0) is 25.2. The maximum absolute atomic E-state index is 13.5. The Balaban J connectivity index is 1.87. The van der Waals surface area contributed by atoms with Crippen LogP contribution in [0.3, 0.4) is 0 Å². The molecule has 5 nitrogen and oxygen atoms in total. The van der Waals surface area contributed by atoms with Crippen LogP contribution < -0.4 is 10.1 Å². The second-order valence-electron chi connectivity index (χ2n) is 8.80. The number of carbonyl (C=O) groups is 2. The number of halogens is 1. The van der Waals surface area contributed by atoms with Crippen LogP contribution in [0.5, 0.6) is 5.75 Å². The Morgan fingerprint density at radius 1 is 0.886 bits per heavy atom. The number of carbonyl (C=O) groups excluding carboxylic acids is 2. The molecule has 3 aromatic carbocycles. The highest BCUT2D eigenvalue weighted by molar-refractivity contribution is 5.88. The Bertz CT molecular complexity index is 1080. The standard InChI is InChI=1S/C29H33FN2O3/c1-4-22-12-16-26(17-13-22)35-20-28(33)32(19-24-10-14-25(30)15-11-24)27(29(34)31-21(2)3)18-23-8-6-5-7-9-23/h5-17,21,27H,4,18-20H2,1-3H3,(H,31,34). The van der Waals surface area contributed by atoms with Crippen molar-refractivity contribution in [2.45, 2.75) is 52.2 Å². The van der Waals surface area contributed by atoms with Gasteiger partial charge < -0.3 is 15.0 Å². The molecule has 0 aromatic heterocycles. The summed E-state index contributed by atoms with van der Waals surface area (Å²) in [7, 11) is 0. The van der Waals surface area contributed by atoms with Gasteiger partial charge in [0, 0.05) is 19.0 Å². The van der Waals surface area contributed by atoms with E-state index in [1.54, 1.807) is 12.1 Å². The summed E-state index contributed by atoms with van der Waals surface area (Å²) in [4.78, 5) is 28.3. The van der Waals surface area contributed by atoms with E-state index in [0.29, 0.717) is 12.2 Å². The van der Waals surface area contributed by atoms with Gasteiger partial charge in [-0.15, -0.1) is 0 Å². The fourth-order valence-corrected chi connectivity index (χ4v) is 3.77. The van der Waals surface area contributed by atoms with Crippen molar-refractivity contribution in [1.82, 2.24) is 10.2 Å². The number of benzene rings is 3. The van der Waals surface area contributed by atoms with Gasteiger partial charge in [-0.25, -0.2) is 4.39 Å². The van der Waals surface area contributed by atoms with E-state index in [1.807, 2.05) is 68.4 Å². The van der Waals surface area contributed by atoms with Gasteiger partial charge in [0.25, 0.3) is 5.91 Å². The second kappa shape index (κ2) is 12.7. The summed E-state index contributed by atoms with van der Waals surface area (Å²) in [5, 5.41) is 2.95. The fraction of sp³-hybridized carbons (Fsp3) is 0.310. The molecular weight excluding hydrogens is 443 g/mol. The van der Waals surface area contributed by atoms with E-state index in [2.05, 4.69) is 12.2 Å². The third-order valence-electron chi connectivity index (χ3n) is 5.66. The largest absolute Gasteiger partial charge is 0.484 e. The molecule has 1 atom stereocenters. The monoisotopic (exact) mass is 476 g/mol. The van der Waals surface area contributed by atoms with Crippen LogP contribution in [-0.2, 0) is 29.0 Å². The Hall–Kier alpha value is -3.67. The zero-order valence-electron chi connectivity index (χ0n) is 20.5. The topological polar surface area (TPSA) is 58.6 Å². The minimum Gasteiger partial charge on any atom is -0.484 e. The lowest BCUT2D eigenvalue weighted by Crippen LogP contribution is -2.52. The molecule has 0 spiro atoms. The third-order valence-corrected chi connectivity index (χ3v) is 5.66. The molecule has 0 aliphatic carbocycles. The molecule has 1 unspecified atom stereocenters. The summed E-state index contributed by atoms with van der Waals surface area (Å²) >= 11 is 0. The van der Waals surface area contributed by atoms with Crippen molar-refractivity contribution in [2.24, 2.45) is 0 Å². The first-order chi connectivity index (χ1) is 16.9. The van der Waals surface area contributed by atoms with Gasteiger partial charge in [0.1, 0.15) is 17.6 Å². The summed E-state index contributed by atoms with van der Waals surface area (Å²) in [5.74, 6) is -0.340. The Morgan fingerprint density at radius 3 is 2.11 bits per heavy atom. The average Bonchev–Trinajstić information content (AvgIpc) is 2.86. The van der Waals surface area contributed by atoms with Gasteiger partial charge in [0.15, 0.2) is 6.61 Å². The van der Waals surface area contributed by atoms with Gasteiger partial charge in [-0.1, -0.05) is 61.5 Å². The normalized spacial score (nSPS) is 11.7. The lowest BCUT2D eigenvalue weighted by Gasteiger charge is -2.32. The van der Waals surface area contributed by atoms with Crippen molar-refractivity contribution in [3.63, 3.8) is 0 Å². The van der Waals surface area contributed by atoms with Crippen LogP contribution in [0.1, 0.15) is 37.5 Å². The molecule has 0 bridgehead atoms. The third kappa shape index (κ3) is 7.95. The number of aryl methyl sites for hydroxylation is 1. The van der Waals surface area contributed by atoms with E-state index in [1.165, 1.54) is 22.6 Å². The lowest BCUT2D eigenvalue weighted by atomic mass is 10.0. The van der Waals surface area contributed by atoms with Gasteiger partial charge >= 0.3 is 0 Å². The summed E-state index contributed by atoms with van der Waals surface area (Å²) in [6.45, 7) is 5.77. The number of nitrogens with zero attached hydrogens (tertiary/aromatic N) is 1. The summed E-state index contributed by atoms with van der Waals surface area (Å²) < 4.78 is 19.3. The van der Waals surface area contributed by atoms with Crippen LogP contribution in [0, 0.1) is 5.82 Å². The molecule has 1 N–H and O–H groups in total. The number of rotatable bonds is 11. The average molecular weight is 477 g/mol. The molecule has 2 amide bonds. The van der Waals surface area contributed by atoms with E-state index >= 15 is 0 Å². The molecular formula is C29H33FN2O3. The SMILES string of the molecule is CCc1ccc(OCC(=O)N(Cc2ccc(F)cc2)C(Cc2ccccc2)C(=O)NC(C)C)cc1. The lowest BCUT2D eigenvalue weighted by molar-refractivity contribution is -0.143. The zero-order valence-corrected chi connectivity index (χ0v) is 20.5. The van der Waals surface area contributed by atoms with Crippen molar-refractivity contribution in [1.29, 1.82) is 0 Å². The van der Waals surface area contributed by atoms with E-state index < -0.39 is 6.04 Å². The number of hydrogen-bond acceptors (Lipinski definition) is 3.